The van der Waals surface area contributed by atoms with E-state index in [1.165, 1.54) is 6.07 Å². The topological polar surface area (TPSA) is 34.1 Å². The Morgan fingerprint density at radius 3 is 2.42 bits per heavy atom. The van der Waals surface area contributed by atoms with E-state index in [2.05, 4.69) is 6.07 Å². The molecule has 1 radical (unpaired) electrons. The Bertz CT molecular complexity index is 361. The van der Waals surface area contributed by atoms with Gasteiger partial charge in [-0.3, -0.25) is 0 Å². The van der Waals surface area contributed by atoms with E-state index in [1.807, 2.05) is 0 Å². The van der Waals surface area contributed by atoms with Crippen LogP contribution in [0.15, 0.2) is 23.1 Å². The molecule has 63 valence electrons. The summed E-state index contributed by atoms with van der Waals surface area (Å²) in [6.45, 7) is 1.68. The van der Waals surface area contributed by atoms with Gasteiger partial charge in [0.15, 0.2) is 0 Å². The molecule has 0 aliphatic heterocycles. The number of benzene rings is 1. The van der Waals surface area contributed by atoms with Crippen molar-refractivity contribution in [3.8, 4) is 0 Å². The molecule has 0 bridgehead atoms. The smallest absolute Gasteiger partial charge is 0.215 e. The van der Waals surface area contributed by atoms with Crippen LogP contribution in [0.2, 0.25) is 0 Å². The second-order valence-electron chi connectivity index (χ2n) is 2.13. The third-order valence-electron chi connectivity index (χ3n) is 1.30. The van der Waals surface area contributed by atoms with E-state index < -0.39 is 9.05 Å². The molecule has 0 saturated carbocycles. The fourth-order valence-corrected chi connectivity index (χ4v) is 1.92. The van der Waals surface area contributed by atoms with Gasteiger partial charge < -0.3 is 0 Å². The van der Waals surface area contributed by atoms with E-state index in [0.717, 1.165) is 0 Å². The van der Waals surface area contributed by atoms with Crippen LogP contribution in [-0.2, 0) is 41.8 Å². The van der Waals surface area contributed by atoms with Gasteiger partial charge in [0.2, 0.25) is 9.05 Å². The Hall–Kier alpha value is 0.564. The van der Waals surface area contributed by atoms with Crippen molar-refractivity contribution < 1.29 is 41.1 Å². The minimum atomic E-state index is -3.59. The SMILES string of the molecule is Cc1cc[c-]cc1S(=O)(=O)Cl.[Y]. The number of hydrogen-bond acceptors (Lipinski definition) is 2. The molecule has 0 N–H and O–H groups in total. The van der Waals surface area contributed by atoms with E-state index in [4.69, 9.17) is 10.7 Å². The first-order valence-electron chi connectivity index (χ1n) is 2.93. The van der Waals surface area contributed by atoms with Crippen molar-refractivity contribution in [3.63, 3.8) is 0 Å². The van der Waals surface area contributed by atoms with Crippen molar-refractivity contribution in [3.05, 3.63) is 29.8 Å². The average Bonchev–Trinajstić information content (AvgIpc) is 1.86. The standard InChI is InChI=1S/C7H6ClO2S.Y/c1-6-4-2-3-5-7(6)11(8,9)10;/h2,4-5H,1H3;/q-1;. The third kappa shape index (κ3) is 3.13. The van der Waals surface area contributed by atoms with E-state index in [-0.39, 0.29) is 37.6 Å². The van der Waals surface area contributed by atoms with Crippen LogP contribution in [0, 0.1) is 13.0 Å². The summed E-state index contributed by atoms with van der Waals surface area (Å²) in [6.07, 6.45) is 0. The van der Waals surface area contributed by atoms with Gasteiger partial charge in [-0.2, -0.15) is 24.3 Å². The second-order valence-corrected chi connectivity index (χ2v) is 4.66. The van der Waals surface area contributed by atoms with Crippen molar-refractivity contribution in [2.24, 2.45) is 0 Å². The molecule has 0 heterocycles. The Morgan fingerprint density at radius 2 is 2.08 bits per heavy atom. The van der Waals surface area contributed by atoms with Gasteiger partial charge in [-0.1, -0.05) is 6.92 Å². The first-order chi connectivity index (χ1) is 5.02. The average molecular weight is 279 g/mol. The molecule has 1 aromatic carbocycles. The molecule has 0 aliphatic rings. The van der Waals surface area contributed by atoms with E-state index >= 15 is 0 Å². The van der Waals surface area contributed by atoms with Crippen LogP contribution < -0.4 is 0 Å². The molecule has 0 fully saturated rings. The number of hydrogen-bond donors (Lipinski definition) is 0. The Kier molecular flexibility index (Phi) is 4.92. The van der Waals surface area contributed by atoms with Gasteiger partial charge in [0.1, 0.15) is 0 Å². The van der Waals surface area contributed by atoms with Crippen LogP contribution in [-0.4, -0.2) is 8.42 Å². The van der Waals surface area contributed by atoms with E-state index in [9.17, 15) is 8.42 Å². The molecule has 5 heteroatoms. The Morgan fingerprint density at radius 1 is 1.50 bits per heavy atom. The van der Waals surface area contributed by atoms with Crippen LogP contribution in [0.5, 0.6) is 0 Å². The molecule has 0 atom stereocenters. The maximum absolute atomic E-state index is 10.8. The predicted molar refractivity (Wildman–Crippen MR) is 43.1 cm³/mol. The van der Waals surface area contributed by atoms with Crippen LogP contribution in [0.1, 0.15) is 5.56 Å². The van der Waals surface area contributed by atoms with Crippen molar-refractivity contribution in [1.82, 2.24) is 0 Å². The van der Waals surface area contributed by atoms with Crippen molar-refractivity contribution in [2.45, 2.75) is 11.8 Å². The number of aryl methyl sites for hydroxylation is 1. The molecular weight excluding hydrogens is 273 g/mol. The normalized spacial score (nSPS) is 10.5. The van der Waals surface area contributed by atoms with Gasteiger partial charge in [0.25, 0.3) is 0 Å². The second kappa shape index (κ2) is 4.70. The van der Waals surface area contributed by atoms with Gasteiger partial charge in [-0.15, -0.1) is 5.56 Å². The van der Waals surface area contributed by atoms with Gasteiger partial charge in [0.05, 0.1) is 0 Å². The zero-order valence-electron chi connectivity index (χ0n) is 6.41. The summed E-state index contributed by atoms with van der Waals surface area (Å²) in [4.78, 5) is 0.127. The molecule has 0 aliphatic carbocycles. The predicted octanol–water partition coefficient (Wildman–Crippen LogP) is 1.72. The quantitative estimate of drug-likeness (QED) is 0.579. The van der Waals surface area contributed by atoms with Gasteiger partial charge >= 0.3 is 0 Å². The minimum absolute atomic E-state index is 0. The Labute approximate surface area is 102 Å². The van der Waals surface area contributed by atoms with Crippen LogP contribution in [0.4, 0.5) is 0 Å². The zero-order chi connectivity index (χ0) is 8.48. The molecule has 12 heavy (non-hydrogen) atoms. The molecular formula is C7H6ClO2SY-. The van der Waals surface area contributed by atoms with E-state index in [1.54, 1.807) is 19.1 Å². The number of rotatable bonds is 1. The maximum atomic E-state index is 10.8. The van der Waals surface area contributed by atoms with Gasteiger partial charge in [-0.05, 0) is 4.90 Å². The fraction of sp³-hybridized carbons (Fsp3) is 0.143. The van der Waals surface area contributed by atoms with E-state index in [0.29, 0.717) is 5.56 Å². The zero-order valence-corrected chi connectivity index (χ0v) is 10.8. The summed E-state index contributed by atoms with van der Waals surface area (Å²) < 4.78 is 21.6. The van der Waals surface area contributed by atoms with Crippen molar-refractivity contribution in [2.75, 3.05) is 0 Å². The monoisotopic (exact) mass is 278 g/mol. The summed E-state index contributed by atoms with van der Waals surface area (Å²) in [6, 6.07) is 7.29. The summed E-state index contributed by atoms with van der Waals surface area (Å²) >= 11 is 0. The fourth-order valence-electron chi connectivity index (χ4n) is 0.756. The molecule has 1 rings (SSSR count). The molecule has 0 amide bonds. The van der Waals surface area contributed by atoms with Gasteiger partial charge in [-0.25, -0.2) is 8.42 Å². The van der Waals surface area contributed by atoms with Gasteiger partial charge in [0, 0.05) is 43.4 Å². The summed E-state index contributed by atoms with van der Waals surface area (Å²) in [5.41, 5.74) is 0.638. The molecule has 0 saturated heterocycles. The molecule has 0 aromatic heterocycles. The number of halogens is 1. The summed E-state index contributed by atoms with van der Waals surface area (Å²) in [5, 5.41) is 0. The van der Waals surface area contributed by atoms with Crippen molar-refractivity contribution in [1.29, 1.82) is 0 Å². The molecule has 0 spiro atoms. The molecule has 1 aromatic rings. The van der Waals surface area contributed by atoms with Crippen LogP contribution in [0.25, 0.3) is 0 Å². The summed E-state index contributed by atoms with van der Waals surface area (Å²) in [7, 11) is 1.52. The van der Waals surface area contributed by atoms with Crippen LogP contribution >= 0.6 is 10.7 Å². The molecule has 0 unspecified atom stereocenters. The summed E-state index contributed by atoms with van der Waals surface area (Å²) in [5.74, 6) is 0. The molecule has 2 nitrogen and oxygen atoms in total. The largest absolute Gasteiger partial charge is 0.220 e. The van der Waals surface area contributed by atoms with Crippen molar-refractivity contribution >= 4 is 19.7 Å². The van der Waals surface area contributed by atoms with Crippen LogP contribution in [0.3, 0.4) is 0 Å². The first-order valence-corrected chi connectivity index (χ1v) is 5.24. The first kappa shape index (κ1) is 12.6. The Balaban J connectivity index is 0.00000121. The minimum Gasteiger partial charge on any atom is -0.220 e. The maximum Gasteiger partial charge on any atom is 0.215 e. The third-order valence-corrected chi connectivity index (χ3v) is 2.76.